The summed E-state index contributed by atoms with van der Waals surface area (Å²) in [5.74, 6) is -0.274. The Bertz CT molecular complexity index is 946. The molecule has 1 amide bonds. The zero-order chi connectivity index (χ0) is 18.9. The summed E-state index contributed by atoms with van der Waals surface area (Å²) < 4.78 is 18.5. The Morgan fingerprint density at radius 1 is 1.04 bits per heavy atom. The van der Waals surface area contributed by atoms with Gasteiger partial charge in [0.25, 0.3) is 0 Å². The Labute approximate surface area is 152 Å². The van der Waals surface area contributed by atoms with Crippen molar-refractivity contribution in [3.05, 3.63) is 60.4 Å². The second-order valence-electron chi connectivity index (χ2n) is 7.12. The fraction of sp³-hybridized carbons (Fsp3) is 0.238. The number of benzene rings is 2. The lowest BCUT2D eigenvalue weighted by atomic mass is 10.1. The number of hydrogen-bond acceptors (Lipinski definition) is 3. The summed E-state index contributed by atoms with van der Waals surface area (Å²) in [4.78, 5) is 18.3. The first-order valence-corrected chi connectivity index (χ1v) is 8.36. The average molecular weight is 352 g/mol. The molecule has 0 unspecified atom stereocenters. The Hall–Kier alpha value is -2.95. The van der Waals surface area contributed by atoms with E-state index in [1.807, 2.05) is 51.1 Å². The molecule has 0 aliphatic rings. The van der Waals surface area contributed by atoms with Crippen molar-refractivity contribution in [2.24, 2.45) is 0 Å². The second kappa shape index (κ2) is 6.75. The molecule has 3 aromatic rings. The fourth-order valence-corrected chi connectivity index (χ4v) is 2.54. The van der Waals surface area contributed by atoms with Crippen LogP contribution in [0, 0.1) is 5.82 Å². The molecule has 0 radical (unpaired) electrons. The van der Waals surface area contributed by atoms with Crippen LogP contribution in [0.15, 0.2) is 54.6 Å². The normalized spacial score (nSPS) is 11.4. The zero-order valence-corrected chi connectivity index (χ0v) is 15.3. The summed E-state index contributed by atoms with van der Waals surface area (Å²) in [5, 5.41) is 0.906. The van der Waals surface area contributed by atoms with Gasteiger partial charge in [0.15, 0.2) is 0 Å². The molecule has 26 heavy (non-hydrogen) atoms. The largest absolute Gasteiger partial charge is 0.443 e. The number of aromatic nitrogens is 1. The van der Waals surface area contributed by atoms with E-state index in [1.165, 1.54) is 17.0 Å². The average Bonchev–Trinajstić information content (AvgIpc) is 2.59. The fourth-order valence-electron chi connectivity index (χ4n) is 2.54. The van der Waals surface area contributed by atoms with Gasteiger partial charge in [-0.3, -0.25) is 4.90 Å². The van der Waals surface area contributed by atoms with Crippen molar-refractivity contribution in [1.29, 1.82) is 0 Å². The maximum absolute atomic E-state index is 13.1. The van der Waals surface area contributed by atoms with Gasteiger partial charge in [-0.05, 0) is 69.3 Å². The number of carbonyl (C=O) groups is 1. The van der Waals surface area contributed by atoms with Crippen molar-refractivity contribution in [3.8, 4) is 11.3 Å². The molecule has 0 fully saturated rings. The van der Waals surface area contributed by atoms with E-state index in [-0.39, 0.29) is 5.82 Å². The minimum atomic E-state index is -0.548. The summed E-state index contributed by atoms with van der Waals surface area (Å²) in [7, 11) is 1.68. The van der Waals surface area contributed by atoms with Gasteiger partial charge in [0, 0.05) is 23.7 Å². The maximum Gasteiger partial charge on any atom is 0.414 e. The van der Waals surface area contributed by atoms with E-state index in [2.05, 4.69) is 4.98 Å². The van der Waals surface area contributed by atoms with Gasteiger partial charge >= 0.3 is 6.09 Å². The van der Waals surface area contributed by atoms with E-state index in [4.69, 9.17) is 4.74 Å². The minimum absolute atomic E-state index is 0.274. The quantitative estimate of drug-likeness (QED) is 0.619. The van der Waals surface area contributed by atoms with Crippen LogP contribution < -0.4 is 4.90 Å². The summed E-state index contributed by atoms with van der Waals surface area (Å²) >= 11 is 0. The molecule has 0 saturated heterocycles. The van der Waals surface area contributed by atoms with E-state index >= 15 is 0 Å². The lowest BCUT2D eigenvalue weighted by Crippen LogP contribution is -2.34. The van der Waals surface area contributed by atoms with Crippen molar-refractivity contribution in [1.82, 2.24) is 4.98 Å². The number of carbonyl (C=O) groups excluding carboxylic acids is 1. The molecule has 0 N–H and O–H groups in total. The van der Waals surface area contributed by atoms with Gasteiger partial charge in [0.2, 0.25) is 0 Å². The summed E-state index contributed by atoms with van der Waals surface area (Å²) in [6.45, 7) is 5.50. The van der Waals surface area contributed by atoms with Crippen molar-refractivity contribution < 1.29 is 13.9 Å². The number of halogens is 1. The van der Waals surface area contributed by atoms with Gasteiger partial charge in [-0.15, -0.1) is 0 Å². The van der Waals surface area contributed by atoms with Gasteiger partial charge in [-0.2, -0.15) is 0 Å². The van der Waals surface area contributed by atoms with Gasteiger partial charge in [0.05, 0.1) is 11.2 Å². The molecule has 2 aromatic carbocycles. The van der Waals surface area contributed by atoms with Crippen LogP contribution in [0.3, 0.4) is 0 Å². The molecule has 0 aliphatic carbocycles. The van der Waals surface area contributed by atoms with Crippen LogP contribution in [0.4, 0.5) is 14.9 Å². The number of nitrogens with zero attached hydrogens (tertiary/aromatic N) is 2. The first kappa shape index (κ1) is 17.9. The third kappa shape index (κ3) is 3.99. The molecule has 0 atom stereocenters. The van der Waals surface area contributed by atoms with Crippen molar-refractivity contribution >= 4 is 22.7 Å². The highest BCUT2D eigenvalue weighted by Crippen LogP contribution is 2.25. The third-order valence-corrected chi connectivity index (χ3v) is 3.87. The Kier molecular flexibility index (Phi) is 4.64. The summed E-state index contributed by atoms with van der Waals surface area (Å²) in [6, 6.07) is 15.6. The highest BCUT2D eigenvalue weighted by atomic mass is 19.1. The first-order valence-electron chi connectivity index (χ1n) is 8.36. The lowest BCUT2D eigenvalue weighted by molar-refractivity contribution is 0.0589. The van der Waals surface area contributed by atoms with Gasteiger partial charge in [-0.1, -0.05) is 6.07 Å². The predicted molar refractivity (Wildman–Crippen MR) is 102 cm³/mol. The zero-order valence-electron chi connectivity index (χ0n) is 15.3. The van der Waals surface area contributed by atoms with Crippen molar-refractivity contribution in [2.45, 2.75) is 26.4 Å². The molecule has 0 saturated carbocycles. The Balaban J connectivity index is 1.89. The third-order valence-electron chi connectivity index (χ3n) is 3.87. The van der Waals surface area contributed by atoms with Crippen molar-refractivity contribution in [3.63, 3.8) is 0 Å². The number of pyridine rings is 1. The minimum Gasteiger partial charge on any atom is -0.443 e. The predicted octanol–water partition coefficient (Wildman–Crippen LogP) is 5.41. The van der Waals surface area contributed by atoms with E-state index in [0.29, 0.717) is 0 Å². The second-order valence-corrected chi connectivity index (χ2v) is 7.12. The number of rotatable bonds is 2. The first-order chi connectivity index (χ1) is 12.2. The number of anilines is 1. The van der Waals surface area contributed by atoms with Crippen LogP contribution >= 0.6 is 0 Å². The van der Waals surface area contributed by atoms with Gasteiger partial charge in [-0.25, -0.2) is 14.2 Å². The molecular weight excluding hydrogens is 331 g/mol. The van der Waals surface area contributed by atoms with Crippen LogP contribution in [0.5, 0.6) is 0 Å². The Morgan fingerprint density at radius 2 is 1.73 bits per heavy atom. The summed E-state index contributed by atoms with van der Waals surface area (Å²) in [6.07, 6.45) is -0.409. The molecule has 0 aliphatic heterocycles. The van der Waals surface area contributed by atoms with Crippen LogP contribution in [0.25, 0.3) is 22.2 Å². The molecule has 5 heteroatoms. The van der Waals surface area contributed by atoms with E-state index in [9.17, 15) is 9.18 Å². The molecular formula is C21H21FN2O2. The van der Waals surface area contributed by atoms with Crippen LogP contribution in [0.1, 0.15) is 20.8 Å². The number of fused-ring (bicyclic) bond motifs is 1. The van der Waals surface area contributed by atoms with Crippen LogP contribution in [0.2, 0.25) is 0 Å². The highest BCUT2D eigenvalue weighted by molar-refractivity contribution is 5.92. The molecule has 0 bridgehead atoms. The summed E-state index contributed by atoms with van der Waals surface area (Å²) in [5.41, 5.74) is 2.60. The number of amides is 1. The standard InChI is InChI=1S/C21H21FN2O2/c1-21(2,3)26-20(25)24(4)17-10-12-19-15(13-17)7-11-18(23-19)14-5-8-16(22)9-6-14/h5-13H,1-4H3. The van der Waals surface area contributed by atoms with Gasteiger partial charge in [0.1, 0.15) is 11.4 Å². The van der Waals surface area contributed by atoms with Gasteiger partial charge < -0.3 is 4.74 Å². The van der Waals surface area contributed by atoms with E-state index < -0.39 is 11.7 Å². The molecule has 134 valence electrons. The highest BCUT2D eigenvalue weighted by Gasteiger charge is 2.20. The molecule has 0 spiro atoms. The monoisotopic (exact) mass is 352 g/mol. The van der Waals surface area contributed by atoms with Crippen LogP contribution in [-0.4, -0.2) is 23.7 Å². The molecule has 1 aromatic heterocycles. The van der Waals surface area contributed by atoms with Crippen molar-refractivity contribution in [2.75, 3.05) is 11.9 Å². The topological polar surface area (TPSA) is 42.4 Å². The molecule has 1 heterocycles. The number of ether oxygens (including phenoxy) is 1. The number of hydrogen-bond donors (Lipinski definition) is 0. The smallest absolute Gasteiger partial charge is 0.414 e. The lowest BCUT2D eigenvalue weighted by Gasteiger charge is -2.24. The Morgan fingerprint density at radius 3 is 2.38 bits per heavy atom. The van der Waals surface area contributed by atoms with Crippen LogP contribution in [-0.2, 0) is 4.74 Å². The molecule has 4 nitrogen and oxygen atoms in total. The van der Waals surface area contributed by atoms with E-state index in [0.717, 1.165) is 27.8 Å². The van der Waals surface area contributed by atoms with E-state index in [1.54, 1.807) is 19.2 Å². The maximum atomic E-state index is 13.1. The SMILES string of the molecule is CN(C(=O)OC(C)(C)C)c1ccc2nc(-c3ccc(F)cc3)ccc2c1. The molecule has 3 rings (SSSR count).